The molecule has 1 aromatic carbocycles. The molecule has 0 spiro atoms. The van der Waals surface area contributed by atoms with Crippen LogP contribution in [0.2, 0.25) is 0 Å². The Hall–Kier alpha value is -1.37. The smallest absolute Gasteiger partial charge is 0.190 e. The Balaban J connectivity index is 2.10. The van der Waals surface area contributed by atoms with Gasteiger partial charge in [0.1, 0.15) is 6.10 Å². The quantitative estimate of drug-likeness (QED) is 0.514. The van der Waals surface area contributed by atoms with Crippen molar-refractivity contribution in [3.05, 3.63) is 41.0 Å². The Morgan fingerprint density at radius 1 is 1.21 bits per heavy atom. The molecule has 24 heavy (non-hydrogen) atoms. The van der Waals surface area contributed by atoms with Crippen molar-refractivity contribution < 1.29 is 8.39 Å². The van der Waals surface area contributed by atoms with Crippen LogP contribution in [0.15, 0.2) is 40.3 Å². The average Bonchev–Trinajstić information content (AvgIpc) is 2.55. The van der Waals surface area contributed by atoms with E-state index >= 15 is 0 Å². The molecule has 1 aromatic rings. The number of terminal acetylenes is 1. The van der Waals surface area contributed by atoms with E-state index in [0.717, 1.165) is 18.4 Å². The van der Waals surface area contributed by atoms with Crippen molar-refractivity contribution in [1.29, 1.82) is 0 Å². The van der Waals surface area contributed by atoms with Gasteiger partial charge >= 0.3 is 0 Å². The largest absolute Gasteiger partial charge is 0.270 e. The summed E-state index contributed by atoms with van der Waals surface area (Å²) in [6, 6.07) is 7.53. The summed E-state index contributed by atoms with van der Waals surface area (Å²) in [4.78, 5) is 0.657. The first-order chi connectivity index (χ1) is 11.3. The molecule has 1 aliphatic rings. The Bertz CT molecular complexity index is 662. The van der Waals surface area contributed by atoms with Crippen LogP contribution in [0, 0.1) is 24.7 Å². The molecule has 2 atom stereocenters. The number of hydrogen-bond acceptors (Lipinski definition) is 2. The molecular formula is C21H28O2S. The second-order valence-electron chi connectivity index (χ2n) is 7.45. The zero-order chi connectivity index (χ0) is 17.7. The number of allylic oxidation sites excluding steroid dienone is 2. The molecule has 0 fully saturated rings. The van der Waals surface area contributed by atoms with Crippen LogP contribution in [0.4, 0.5) is 0 Å². The molecule has 0 N–H and O–H groups in total. The van der Waals surface area contributed by atoms with Crippen molar-refractivity contribution in [2.45, 2.75) is 70.8 Å². The van der Waals surface area contributed by atoms with Gasteiger partial charge in [0.15, 0.2) is 11.1 Å². The average molecular weight is 345 g/mol. The molecule has 0 aromatic heterocycles. The molecular weight excluding hydrogens is 316 g/mol. The van der Waals surface area contributed by atoms with Gasteiger partial charge in [0.2, 0.25) is 0 Å². The highest BCUT2D eigenvalue weighted by atomic mass is 32.2. The monoisotopic (exact) mass is 344 g/mol. The summed E-state index contributed by atoms with van der Waals surface area (Å²) >= 11 is -1.54. The first-order valence-corrected chi connectivity index (χ1v) is 9.70. The fraction of sp³-hybridized carbons (Fsp3) is 0.524. The van der Waals surface area contributed by atoms with Gasteiger partial charge in [-0.05, 0) is 58.1 Å². The minimum atomic E-state index is -1.54. The molecule has 2 unspecified atom stereocenters. The third-order valence-corrected chi connectivity index (χ3v) is 5.84. The molecule has 130 valence electrons. The van der Waals surface area contributed by atoms with Gasteiger partial charge in [0.05, 0.1) is 4.90 Å². The second-order valence-corrected chi connectivity index (χ2v) is 8.58. The first-order valence-electron chi connectivity index (χ1n) is 8.62. The molecule has 0 aliphatic heterocycles. The number of aryl methyl sites for hydroxylation is 1. The molecule has 2 nitrogen and oxygen atoms in total. The summed E-state index contributed by atoms with van der Waals surface area (Å²) in [6.07, 6.45) is 11.0. The molecule has 1 aliphatic carbocycles. The predicted octanol–water partition coefficient (Wildman–Crippen LogP) is 5.34. The lowest BCUT2D eigenvalue weighted by Gasteiger charge is -2.33. The Morgan fingerprint density at radius 3 is 2.42 bits per heavy atom. The van der Waals surface area contributed by atoms with Crippen LogP contribution in [0.5, 0.6) is 0 Å². The maximum absolute atomic E-state index is 12.5. The molecule has 0 radical (unpaired) electrons. The number of benzene rings is 1. The third kappa shape index (κ3) is 4.82. The highest BCUT2D eigenvalue weighted by molar-refractivity contribution is 7.80. The van der Waals surface area contributed by atoms with Gasteiger partial charge in [-0.15, -0.1) is 6.42 Å². The topological polar surface area (TPSA) is 26.3 Å². The van der Waals surface area contributed by atoms with Crippen LogP contribution < -0.4 is 0 Å². The van der Waals surface area contributed by atoms with E-state index < -0.39 is 17.2 Å². The van der Waals surface area contributed by atoms with Crippen LogP contribution >= 0.6 is 0 Å². The first kappa shape index (κ1) is 19.0. The molecule has 0 bridgehead atoms. The molecule has 0 heterocycles. The molecule has 2 rings (SSSR count). The second kappa shape index (κ2) is 8.14. The van der Waals surface area contributed by atoms with Crippen LogP contribution in [-0.2, 0) is 15.3 Å². The van der Waals surface area contributed by atoms with Gasteiger partial charge in [-0.2, -0.15) is 0 Å². The minimum absolute atomic E-state index is 0.247. The maximum atomic E-state index is 12.5. The Morgan fingerprint density at radius 2 is 1.83 bits per heavy atom. The highest BCUT2D eigenvalue weighted by Gasteiger charge is 2.32. The van der Waals surface area contributed by atoms with Crippen LogP contribution in [-0.4, -0.2) is 10.3 Å². The summed E-state index contributed by atoms with van der Waals surface area (Å²) < 4.78 is 18.3. The van der Waals surface area contributed by atoms with Crippen LogP contribution in [0.3, 0.4) is 0 Å². The van der Waals surface area contributed by atoms with Crippen molar-refractivity contribution in [1.82, 2.24) is 0 Å². The highest BCUT2D eigenvalue weighted by Crippen LogP contribution is 2.37. The van der Waals surface area contributed by atoms with Gasteiger partial charge in [-0.1, -0.05) is 48.6 Å². The molecule has 0 saturated heterocycles. The fourth-order valence-electron chi connectivity index (χ4n) is 3.18. The van der Waals surface area contributed by atoms with Crippen molar-refractivity contribution in [2.75, 3.05) is 0 Å². The van der Waals surface area contributed by atoms with Crippen LogP contribution in [0.25, 0.3) is 0 Å². The zero-order valence-electron chi connectivity index (χ0n) is 15.2. The van der Waals surface area contributed by atoms with Crippen molar-refractivity contribution >= 4 is 11.1 Å². The van der Waals surface area contributed by atoms with Gasteiger partial charge < -0.3 is 0 Å². The van der Waals surface area contributed by atoms with Gasteiger partial charge in [0, 0.05) is 5.41 Å². The van der Waals surface area contributed by atoms with E-state index in [9.17, 15) is 4.21 Å². The molecule has 3 heteroatoms. The van der Waals surface area contributed by atoms with Crippen LogP contribution in [0.1, 0.15) is 58.4 Å². The number of hydrogen-bond donors (Lipinski definition) is 0. The van der Waals surface area contributed by atoms with E-state index in [-0.39, 0.29) is 5.41 Å². The lowest BCUT2D eigenvalue weighted by Crippen LogP contribution is -2.32. The SMILES string of the molecule is C#CC(OS(=O)c1ccc(C)cc1)C(C)(C)CC1=C(C)CCCC1. The van der Waals surface area contributed by atoms with E-state index in [1.165, 1.54) is 30.4 Å². The molecule has 0 saturated carbocycles. The fourth-order valence-corrected chi connectivity index (χ4v) is 4.14. The summed E-state index contributed by atoms with van der Waals surface area (Å²) in [7, 11) is 0. The summed E-state index contributed by atoms with van der Waals surface area (Å²) in [5.41, 5.74) is 3.87. The van der Waals surface area contributed by atoms with Gasteiger partial charge in [0.25, 0.3) is 0 Å². The van der Waals surface area contributed by atoms with E-state index in [2.05, 4.69) is 26.7 Å². The Kier molecular flexibility index (Phi) is 6.43. The third-order valence-electron chi connectivity index (χ3n) is 4.81. The number of rotatable bonds is 6. The summed E-state index contributed by atoms with van der Waals surface area (Å²) in [5, 5.41) is 0. The summed E-state index contributed by atoms with van der Waals surface area (Å²) in [6.45, 7) is 8.44. The normalized spacial score (nSPS) is 18.1. The van der Waals surface area contributed by atoms with E-state index in [1.54, 1.807) is 0 Å². The lowest BCUT2D eigenvalue weighted by molar-refractivity contribution is 0.134. The van der Waals surface area contributed by atoms with E-state index in [0.29, 0.717) is 4.90 Å². The summed E-state index contributed by atoms with van der Waals surface area (Å²) in [5.74, 6) is 2.72. The maximum Gasteiger partial charge on any atom is 0.190 e. The van der Waals surface area contributed by atoms with Crippen molar-refractivity contribution in [3.63, 3.8) is 0 Å². The lowest BCUT2D eigenvalue weighted by atomic mass is 9.76. The minimum Gasteiger partial charge on any atom is -0.270 e. The van der Waals surface area contributed by atoms with Crippen molar-refractivity contribution in [2.24, 2.45) is 5.41 Å². The molecule has 0 amide bonds. The zero-order valence-corrected chi connectivity index (χ0v) is 16.0. The van der Waals surface area contributed by atoms with Gasteiger partial charge in [-0.3, -0.25) is 4.18 Å². The standard InChI is InChI=1S/C21H28O2S/c1-6-20(23-24(22)19-13-11-16(2)12-14-19)21(4,5)15-18-10-8-7-9-17(18)3/h1,11-14,20H,7-10,15H2,2-5H3. The predicted molar refractivity (Wildman–Crippen MR) is 101 cm³/mol. The van der Waals surface area contributed by atoms with E-state index in [4.69, 9.17) is 10.6 Å². The Labute approximate surface area is 149 Å². The van der Waals surface area contributed by atoms with E-state index in [1.807, 2.05) is 31.2 Å². The van der Waals surface area contributed by atoms with Gasteiger partial charge in [-0.25, -0.2) is 4.21 Å². The van der Waals surface area contributed by atoms with Crippen molar-refractivity contribution in [3.8, 4) is 12.3 Å².